The maximum absolute atomic E-state index is 11.3. The first-order valence-electron chi connectivity index (χ1n) is 55.5. The molecule has 143 heavy (non-hydrogen) atoms. The minimum atomic E-state index is -0.925. The molecule has 0 radical (unpaired) electrons. The van der Waals surface area contributed by atoms with E-state index in [1.807, 2.05) is 24.5 Å². The lowest BCUT2D eigenvalue weighted by molar-refractivity contribution is -0.140. The Balaban J connectivity index is 0.000000444. The van der Waals surface area contributed by atoms with E-state index >= 15 is 0 Å². The van der Waals surface area contributed by atoms with Gasteiger partial charge < -0.3 is 122 Å². The van der Waals surface area contributed by atoms with Crippen molar-refractivity contribution in [1.82, 2.24) is 121 Å². The molecule has 38 heteroatoms. The topological polar surface area (TPSA) is 400 Å². The van der Waals surface area contributed by atoms with Gasteiger partial charge in [-0.05, 0) is 235 Å². The molecule has 14 N–H and O–H groups in total. The molecule has 4 unspecified atom stereocenters. The van der Waals surface area contributed by atoms with Gasteiger partial charge in [-0.3, -0.25) is 67.9 Å². The number of carboxylic acid groups (broad SMARTS) is 7. The summed E-state index contributed by atoms with van der Waals surface area (Å²) in [5.74, 6) is -5.80. The van der Waals surface area contributed by atoms with Crippen LogP contribution in [0.25, 0.3) is 0 Å². The van der Waals surface area contributed by atoms with E-state index in [0.29, 0.717) is 88.1 Å². The first-order chi connectivity index (χ1) is 67.7. The highest BCUT2D eigenvalue weighted by Crippen LogP contribution is 2.22. The van der Waals surface area contributed by atoms with Crippen molar-refractivity contribution in [1.29, 1.82) is 0 Å². The molecule has 8 fully saturated rings. The van der Waals surface area contributed by atoms with Crippen LogP contribution in [0.5, 0.6) is 0 Å². The second-order valence-corrected chi connectivity index (χ2v) is 47.2. The van der Waals surface area contributed by atoms with Gasteiger partial charge in [-0.2, -0.15) is 0 Å². The van der Waals surface area contributed by atoms with E-state index < -0.39 is 41.8 Å². The van der Waals surface area contributed by atoms with Crippen LogP contribution in [0.2, 0.25) is 0 Å². The molecular weight excluding hydrogens is 1820 g/mol. The average Bonchev–Trinajstić information content (AvgIpc) is 0.880. The first kappa shape index (κ1) is 132. The zero-order valence-corrected chi connectivity index (χ0v) is 93.5. The van der Waals surface area contributed by atoms with Crippen molar-refractivity contribution in [2.75, 3.05) is 425 Å². The third-order valence-corrected chi connectivity index (χ3v) is 26.3. The number of carbonyl (C=O) groups is 7. The normalized spacial score (nSPS) is 24.0. The standard InChI is InChI=1S/C21H40N4O6.C19H38N4O4.C19H38N4O2.C17H36N4.C15H34N4.C14H30N4O2/c1-21(2,3)17-25-9-5-8-23(15-19(28)29)11-10-22(14-18(26)27)6-4-7-24(12-13-25)16-20(30)31;1-19(2,3)16-23-10-5-9-22(15-18(26)27)13-12-21(14-17(24)25)8-4-6-20-7-11-23;1-19(2,3)17-23-9-5-7-20-10-11-21(13-15-23)6-4-8-22(14-12-20)16-18(24)25;1-17(2,3)16-21-10-5-9-19-11-7-18-6-4-8-20(13-12-19)14-15-21;1-15(2,3)14-19-12-5-8-17-10-9-16-6-4-7-18-11-13-19;1-2-17-9-3-5-16-8-12-18(13-14(19)20)10-4-6-15-7-11-17/h4-17H2,1-3H3,(H,26,27)(H,28,29)(H,30,31);20H,4-16H2,1-3H3,(H,24,25)(H,26,27);4-17H2,1-3H3,(H,24,25);18H,4-16H2,1-3H3;16-18H,4-14H2,1-3H3;15-16H,2-13H2,1H3,(H,19,20). The number of nitrogens with zero attached hydrogens (tertiary/aromatic N) is 17. The van der Waals surface area contributed by atoms with Crippen LogP contribution < -0.4 is 37.2 Å². The number of rotatable bonds is 20. The fourth-order valence-corrected chi connectivity index (χ4v) is 19.8. The minimum Gasteiger partial charge on any atom is -0.480 e. The van der Waals surface area contributed by atoms with Gasteiger partial charge in [0, 0.05) is 249 Å². The number of likely N-dealkylation sites (N-methyl/N-ethyl adjacent to an activating group) is 1. The molecule has 8 aliphatic rings. The molecule has 38 nitrogen and oxygen atoms in total. The number of hydrogen-bond donors (Lipinski definition) is 14. The van der Waals surface area contributed by atoms with Crippen LogP contribution in [-0.4, -0.2) is 586 Å². The van der Waals surface area contributed by atoms with Crippen LogP contribution in [0.1, 0.15) is 188 Å². The van der Waals surface area contributed by atoms with E-state index in [1.54, 1.807) is 4.90 Å². The Kier molecular flexibility index (Phi) is 71.9. The highest BCUT2D eigenvalue weighted by Gasteiger charge is 2.29. The smallest absolute Gasteiger partial charge is 0.317 e. The zero-order valence-electron chi connectivity index (χ0n) is 93.5. The van der Waals surface area contributed by atoms with E-state index in [-0.39, 0.29) is 56.6 Å². The summed E-state index contributed by atoms with van der Waals surface area (Å²) in [5, 5.41) is 88.5. The van der Waals surface area contributed by atoms with Crippen LogP contribution in [0.3, 0.4) is 0 Å². The number of carboxylic acids is 7. The van der Waals surface area contributed by atoms with Gasteiger partial charge in [-0.1, -0.05) is 111 Å². The van der Waals surface area contributed by atoms with Crippen LogP contribution in [-0.2, 0) is 33.6 Å². The molecular formula is C105H216N24O14. The molecule has 4 atom stereocenters. The summed E-state index contributed by atoms with van der Waals surface area (Å²) in [7, 11) is 0. The van der Waals surface area contributed by atoms with E-state index in [1.165, 1.54) is 124 Å². The van der Waals surface area contributed by atoms with Crippen molar-refractivity contribution in [3.8, 4) is 0 Å². The Labute approximate surface area is 867 Å². The van der Waals surface area contributed by atoms with Gasteiger partial charge in [-0.15, -0.1) is 0 Å². The zero-order chi connectivity index (χ0) is 106. The summed E-state index contributed by atoms with van der Waals surface area (Å²) >= 11 is 0. The van der Waals surface area contributed by atoms with Gasteiger partial charge in [0.2, 0.25) is 0 Å². The van der Waals surface area contributed by atoms with E-state index in [2.05, 4.69) is 202 Å². The second kappa shape index (κ2) is 77.6. The van der Waals surface area contributed by atoms with Gasteiger partial charge in [0.25, 0.3) is 0 Å². The van der Waals surface area contributed by atoms with E-state index in [0.717, 1.165) is 261 Å². The average molecular weight is 2040 g/mol. The molecule has 4 bridgehead atoms. The largest absolute Gasteiger partial charge is 0.480 e. The fraction of sp³-hybridized carbons (Fsp3) is 0.933. The van der Waals surface area contributed by atoms with Gasteiger partial charge in [0.05, 0.1) is 45.8 Å². The van der Waals surface area contributed by atoms with Crippen molar-refractivity contribution in [3.05, 3.63) is 0 Å². The molecule has 8 saturated heterocycles. The number of nitrogens with one attached hydrogen (secondary N) is 7. The lowest BCUT2D eigenvalue weighted by atomic mass is 9.96. The van der Waals surface area contributed by atoms with Gasteiger partial charge in [0.1, 0.15) is 0 Å². The first-order valence-corrected chi connectivity index (χ1v) is 55.5. The molecule has 0 amide bonds. The van der Waals surface area contributed by atoms with Gasteiger partial charge in [0.15, 0.2) is 0 Å². The van der Waals surface area contributed by atoms with Crippen LogP contribution in [0, 0.1) is 27.1 Å². The Morgan fingerprint density at radius 1 is 0.168 bits per heavy atom. The van der Waals surface area contributed by atoms with Gasteiger partial charge >= 0.3 is 41.8 Å². The molecule has 0 aromatic carbocycles. The number of hydrogen-bond acceptors (Lipinski definition) is 31. The molecule has 0 saturated carbocycles. The number of aliphatic carboxylic acids is 7. The maximum atomic E-state index is 11.3. The summed E-state index contributed by atoms with van der Waals surface area (Å²) < 4.78 is 0. The van der Waals surface area contributed by atoms with Crippen molar-refractivity contribution in [2.45, 2.75) is 188 Å². The Morgan fingerprint density at radius 2 is 0.322 bits per heavy atom. The number of fused-ring (bicyclic) bond motifs is 6. The van der Waals surface area contributed by atoms with Crippen LogP contribution in [0.4, 0.5) is 0 Å². The van der Waals surface area contributed by atoms with Crippen molar-refractivity contribution in [3.63, 3.8) is 0 Å². The van der Waals surface area contributed by atoms with E-state index in [9.17, 15) is 54.0 Å². The lowest BCUT2D eigenvalue weighted by Gasteiger charge is -2.37. The predicted octanol–water partition coefficient (Wildman–Crippen LogP) is 3.81. The van der Waals surface area contributed by atoms with Crippen molar-refractivity contribution < 1.29 is 69.3 Å². The van der Waals surface area contributed by atoms with Crippen molar-refractivity contribution >= 4 is 41.8 Å². The Bertz CT molecular complexity index is 3240. The minimum absolute atomic E-state index is 0.000270. The molecule has 840 valence electrons. The Morgan fingerprint density at radius 3 is 0.587 bits per heavy atom. The monoisotopic (exact) mass is 2040 g/mol. The third-order valence-electron chi connectivity index (χ3n) is 26.3. The molecule has 0 spiro atoms. The molecule has 0 aromatic rings. The third kappa shape index (κ3) is 79.1. The van der Waals surface area contributed by atoms with Crippen molar-refractivity contribution in [2.24, 2.45) is 27.1 Å². The van der Waals surface area contributed by atoms with E-state index in [4.69, 9.17) is 15.3 Å². The highest BCUT2D eigenvalue weighted by atomic mass is 16.4. The maximum Gasteiger partial charge on any atom is 0.317 e. The summed E-state index contributed by atoms with van der Waals surface area (Å²) in [6, 6.07) is 0. The molecule has 8 heterocycles. The highest BCUT2D eigenvalue weighted by molar-refractivity contribution is 5.71. The van der Waals surface area contributed by atoms with Crippen LogP contribution >= 0.6 is 0 Å². The SMILES string of the molecule is CC(C)(C)CN1CCCN(CC(=O)O)CCN(CC(=O)O)CCCN(CC(=O)O)CC1.CC(C)(C)CN1CCCN(CC(=O)O)CCN(CC(=O)O)CCCNCC1.CC(C)(C)CN1CCCN2CCN(CCCN(CC(=O)O)CC2)CC1.CC(C)(C)CN1CCCN2CCNCCCN(CC2)CC1.CC(C)(C)CN1CCCNCCNCCCNCC1.CCN1CCCNCCN(CC(=O)O)CCCNCC1. The molecule has 0 aromatic heterocycles. The summed E-state index contributed by atoms with van der Waals surface area (Å²) in [6.45, 7) is 93.9. The fourth-order valence-electron chi connectivity index (χ4n) is 19.8. The Hall–Kier alpha value is -4.67. The predicted molar refractivity (Wildman–Crippen MR) is 581 cm³/mol. The molecule has 0 aliphatic carbocycles. The van der Waals surface area contributed by atoms with Gasteiger partial charge in [-0.25, -0.2) is 0 Å². The summed E-state index contributed by atoms with van der Waals surface area (Å²) in [5.41, 5.74) is 1.47. The molecule has 8 rings (SSSR count). The second-order valence-electron chi connectivity index (χ2n) is 47.2. The summed E-state index contributed by atoms with van der Waals surface area (Å²) in [6.07, 6.45) is 12.7. The quantitative estimate of drug-likeness (QED) is 0.0824. The van der Waals surface area contributed by atoms with Crippen LogP contribution in [0.15, 0.2) is 0 Å². The summed E-state index contributed by atoms with van der Waals surface area (Å²) in [4.78, 5) is 117. The molecule has 8 aliphatic heterocycles. The lowest BCUT2D eigenvalue weighted by Crippen LogP contribution is -2.48.